The number of hydrogen-bond donors (Lipinski definition) is 3. The summed E-state index contributed by atoms with van der Waals surface area (Å²) in [7, 11) is 1.35. The molecule has 2 atom stereocenters. The average molecular weight is 455 g/mol. The lowest BCUT2D eigenvalue weighted by Gasteiger charge is -2.23. The van der Waals surface area contributed by atoms with Crippen LogP contribution in [0.25, 0.3) is 11.1 Å². The second kappa shape index (κ2) is 11.0. The van der Waals surface area contributed by atoms with Crippen LogP contribution in [0.15, 0.2) is 48.5 Å². The molecular formula is C25H30N2O6. The van der Waals surface area contributed by atoms with Gasteiger partial charge in [0, 0.05) is 13.0 Å². The molecule has 0 bridgehead atoms. The van der Waals surface area contributed by atoms with Gasteiger partial charge in [-0.1, -0.05) is 62.4 Å². The van der Waals surface area contributed by atoms with Gasteiger partial charge < -0.3 is 25.2 Å². The van der Waals surface area contributed by atoms with Crippen molar-refractivity contribution in [2.75, 3.05) is 20.3 Å². The molecule has 0 aromatic heterocycles. The predicted octanol–water partition coefficient (Wildman–Crippen LogP) is 3.16. The Morgan fingerprint density at radius 3 is 2.03 bits per heavy atom. The number of ether oxygens (including phenoxy) is 2. The van der Waals surface area contributed by atoms with Crippen molar-refractivity contribution in [3.63, 3.8) is 0 Å². The SMILES string of the molecule is COCC(NC(=O)[C@H](CC(C)C)NC(=O)OCC1c2ccccc2-c2ccccc21)C(=O)O. The van der Waals surface area contributed by atoms with E-state index in [4.69, 9.17) is 9.47 Å². The standard InChI is InChI=1S/C25H30N2O6/c1-15(2)12-21(23(28)26-22(14-32-3)24(29)30)27-25(31)33-13-20-18-10-6-4-8-16(18)17-9-5-7-11-19(17)20/h4-11,15,20-22H,12-14H2,1-3H3,(H,26,28)(H,27,31)(H,29,30)/t21-,22?/m0/s1. The molecule has 2 aromatic carbocycles. The summed E-state index contributed by atoms with van der Waals surface area (Å²) in [4.78, 5) is 36.6. The second-order valence-corrected chi connectivity index (χ2v) is 8.51. The summed E-state index contributed by atoms with van der Waals surface area (Å²) in [5.41, 5.74) is 4.42. The van der Waals surface area contributed by atoms with Crippen LogP contribution < -0.4 is 10.6 Å². The second-order valence-electron chi connectivity index (χ2n) is 8.51. The molecule has 1 unspecified atom stereocenters. The van der Waals surface area contributed by atoms with Crippen LogP contribution in [0.1, 0.15) is 37.3 Å². The number of rotatable bonds is 10. The number of nitrogens with one attached hydrogen (secondary N) is 2. The molecule has 8 nitrogen and oxygen atoms in total. The minimum absolute atomic E-state index is 0.0836. The van der Waals surface area contributed by atoms with Crippen LogP contribution >= 0.6 is 0 Å². The van der Waals surface area contributed by atoms with E-state index in [0.717, 1.165) is 22.3 Å². The average Bonchev–Trinajstić information content (AvgIpc) is 3.10. The van der Waals surface area contributed by atoms with Gasteiger partial charge in [-0.15, -0.1) is 0 Å². The number of hydrogen-bond acceptors (Lipinski definition) is 5. The monoisotopic (exact) mass is 454 g/mol. The summed E-state index contributed by atoms with van der Waals surface area (Å²) in [5.74, 6) is -1.82. The van der Waals surface area contributed by atoms with Gasteiger partial charge in [0.25, 0.3) is 0 Å². The Kier molecular flexibility index (Phi) is 8.06. The number of alkyl carbamates (subject to hydrolysis) is 1. The number of carbonyl (C=O) groups is 3. The lowest BCUT2D eigenvalue weighted by molar-refractivity contribution is -0.143. The van der Waals surface area contributed by atoms with Gasteiger partial charge in [-0.2, -0.15) is 0 Å². The Bertz CT molecular complexity index is 960. The van der Waals surface area contributed by atoms with E-state index in [1.54, 1.807) is 0 Å². The van der Waals surface area contributed by atoms with E-state index in [1.165, 1.54) is 7.11 Å². The van der Waals surface area contributed by atoms with Crippen molar-refractivity contribution in [1.29, 1.82) is 0 Å². The van der Waals surface area contributed by atoms with Gasteiger partial charge in [0.2, 0.25) is 5.91 Å². The largest absolute Gasteiger partial charge is 0.480 e. The summed E-state index contributed by atoms with van der Waals surface area (Å²) in [6.07, 6.45) is -0.397. The predicted molar refractivity (Wildman–Crippen MR) is 123 cm³/mol. The Labute approximate surface area is 193 Å². The molecule has 8 heteroatoms. The molecule has 0 radical (unpaired) electrons. The van der Waals surface area contributed by atoms with E-state index < -0.39 is 30.1 Å². The van der Waals surface area contributed by atoms with Gasteiger partial charge in [0.15, 0.2) is 6.04 Å². The first kappa shape index (κ1) is 24.3. The highest BCUT2D eigenvalue weighted by molar-refractivity contribution is 5.89. The van der Waals surface area contributed by atoms with Crippen LogP contribution in [-0.2, 0) is 19.1 Å². The summed E-state index contributed by atoms with van der Waals surface area (Å²) in [6, 6.07) is 13.9. The molecule has 1 aliphatic rings. The third-order valence-electron chi connectivity index (χ3n) is 5.61. The van der Waals surface area contributed by atoms with Gasteiger partial charge in [0.1, 0.15) is 12.6 Å². The maximum Gasteiger partial charge on any atom is 0.407 e. The third-order valence-corrected chi connectivity index (χ3v) is 5.61. The zero-order valence-electron chi connectivity index (χ0n) is 19.0. The van der Waals surface area contributed by atoms with Crippen LogP contribution in [0.5, 0.6) is 0 Å². The molecule has 0 aliphatic heterocycles. The van der Waals surface area contributed by atoms with Crippen molar-refractivity contribution in [1.82, 2.24) is 10.6 Å². The van der Waals surface area contributed by atoms with Gasteiger partial charge in [-0.05, 0) is 34.6 Å². The first-order chi connectivity index (χ1) is 15.8. The fourth-order valence-electron chi connectivity index (χ4n) is 4.10. The van der Waals surface area contributed by atoms with Gasteiger partial charge >= 0.3 is 12.1 Å². The fourth-order valence-corrected chi connectivity index (χ4v) is 4.10. The molecule has 1 aliphatic carbocycles. The molecule has 2 aromatic rings. The van der Waals surface area contributed by atoms with E-state index in [-0.39, 0.29) is 25.0 Å². The van der Waals surface area contributed by atoms with Crippen molar-refractivity contribution in [3.8, 4) is 11.1 Å². The van der Waals surface area contributed by atoms with Gasteiger partial charge in [-0.25, -0.2) is 9.59 Å². The smallest absolute Gasteiger partial charge is 0.407 e. The molecule has 0 heterocycles. The van der Waals surface area contributed by atoms with Crippen LogP contribution in [-0.4, -0.2) is 55.5 Å². The Morgan fingerprint density at radius 1 is 0.939 bits per heavy atom. The summed E-state index contributed by atoms with van der Waals surface area (Å²) >= 11 is 0. The van der Waals surface area contributed by atoms with Crippen LogP contribution in [0.3, 0.4) is 0 Å². The molecule has 33 heavy (non-hydrogen) atoms. The number of carboxylic acid groups (broad SMARTS) is 1. The number of fused-ring (bicyclic) bond motifs is 3. The molecule has 0 fully saturated rings. The van der Waals surface area contributed by atoms with E-state index >= 15 is 0 Å². The maximum atomic E-state index is 12.7. The third kappa shape index (κ3) is 5.90. The number of carboxylic acids is 1. The quantitative estimate of drug-likeness (QED) is 0.508. The van der Waals surface area contributed by atoms with Crippen molar-refractivity contribution in [2.24, 2.45) is 5.92 Å². The lowest BCUT2D eigenvalue weighted by atomic mass is 9.98. The Morgan fingerprint density at radius 2 is 1.52 bits per heavy atom. The van der Waals surface area contributed by atoms with E-state index in [9.17, 15) is 19.5 Å². The number of benzene rings is 2. The van der Waals surface area contributed by atoms with E-state index in [2.05, 4.69) is 22.8 Å². The first-order valence-electron chi connectivity index (χ1n) is 11.0. The zero-order chi connectivity index (χ0) is 24.0. The summed E-state index contributed by atoms with van der Waals surface area (Å²) in [5, 5.41) is 14.3. The van der Waals surface area contributed by atoms with Crippen LogP contribution in [0, 0.1) is 5.92 Å². The van der Waals surface area contributed by atoms with Crippen molar-refractivity contribution >= 4 is 18.0 Å². The van der Waals surface area contributed by atoms with Crippen LogP contribution in [0.4, 0.5) is 4.79 Å². The molecule has 176 valence electrons. The molecule has 0 spiro atoms. The van der Waals surface area contributed by atoms with E-state index in [0.29, 0.717) is 6.42 Å². The molecule has 0 saturated heterocycles. The van der Waals surface area contributed by atoms with E-state index in [1.807, 2.05) is 50.2 Å². The topological polar surface area (TPSA) is 114 Å². The molecular weight excluding hydrogens is 424 g/mol. The molecule has 3 rings (SSSR count). The van der Waals surface area contributed by atoms with Crippen molar-refractivity contribution in [2.45, 2.75) is 38.3 Å². The summed E-state index contributed by atoms with van der Waals surface area (Å²) in [6.45, 7) is 3.75. The minimum Gasteiger partial charge on any atom is -0.480 e. The molecule has 0 saturated carbocycles. The number of aliphatic carboxylic acids is 1. The normalized spacial score (nSPS) is 14.2. The maximum absolute atomic E-state index is 12.7. The number of amides is 2. The zero-order valence-corrected chi connectivity index (χ0v) is 19.0. The molecule has 3 N–H and O–H groups in total. The first-order valence-corrected chi connectivity index (χ1v) is 11.0. The van der Waals surface area contributed by atoms with Crippen molar-refractivity contribution in [3.05, 3.63) is 59.7 Å². The minimum atomic E-state index is -1.21. The fraction of sp³-hybridized carbons (Fsp3) is 0.400. The Balaban J connectivity index is 1.66. The molecule has 2 amide bonds. The summed E-state index contributed by atoms with van der Waals surface area (Å²) < 4.78 is 10.4. The highest BCUT2D eigenvalue weighted by atomic mass is 16.5. The van der Waals surface area contributed by atoms with Crippen LogP contribution in [0.2, 0.25) is 0 Å². The number of carbonyl (C=O) groups excluding carboxylic acids is 2. The lowest BCUT2D eigenvalue weighted by Crippen LogP contribution is -2.53. The highest BCUT2D eigenvalue weighted by Gasteiger charge is 2.31. The Hall–Kier alpha value is -3.39. The number of methoxy groups -OCH3 is 1. The van der Waals surface area contributed by atoms with Gasteiger partial charge in [0.05, 0.1) is 6.61 Å². The van der Waals surface area contributed by atoms with Crippen molar-refractivity contribution < 1.29 is 29.0 Å². The van der Waals surface area contributed by atoms with Gasteiger partial charge in [-0.3, -0.25) is 4.79 Å². The highest BCUT2D eigenvalue weighted by Crippen LogP contribution is 2.44.